The number of benzene rings is 2. The molecular formula is C16H16BrNO. The van der Waals surface area contributed by atoms with Crippen LogP contribution >= 0.6 is 15.9 Å². The molecule has 1 aliphatic rings. The third-order valence-electron chi connectivity index (χ3n) is 3.42. The third kappa shape index (κ3) is 2.76. The molecule has 2 aromatic rings. The van der Waals surface area contributed by atoms with Crippen LogP contribution in [0.4, 0.5) is 5.69 Å². The Morgan fingerprint density at radius 3 is 2.95 bits per heavy atom. The molecule has 19 heavy (non-hydrogen) atoms. The number of ether oxygens (including phenoxy) is 1. The molecule has 1 heterocycles. The maximum atomic E-state index is 5.52. The summed E-state index contributed by atoms with van der Waals surface area (Å²) in [6.07, 6.45) is 1.01. The van der Waals surface area contributed by atoms with E-state index in [9.17, 15) is 0 Å². The van der Waals surface area contributed by atoms with Gasteiger partial charge in [-0.25, -0.2) is 0 Å². The summed E-state index contributed by atoms with van der Waals surface area (Å²) in [6, 6.07) is 15.0. The van der Waals surface area contributed by atoms with Gasteiger partial charge in [-0.15, -0.1) is 0 Å². The predicted molar refractivity (Wildman–Crippen MR) is 81.8 cm³/mol. The van der Waals surface area contributed by atoms with Gasteiger partial charge in [-0.3, -0.25) is 0 Å². The van der Waals surface area contributed by atoms with Crippen LogP contribution < -0.4 is 10.1 Å². The zero-order valence-electron chi connectivity index (χ0n) is 10.8. The van der Waals surface area contributed by atoms with E-state index in [0.717, 1.165) is 28.9 Å². The molecule has 1 unspecified atom stereocenters. The maximum Gasteiger partial charge on any atom is 0.122 e. The van der Waals surface area contributed by atoms with E-state index in [2.05, 4.69) is 64.6 Å². The zero-order chi connectivity index (χ0) is 13.2. The SMILES string of the molecule is CC(Nc1ccc2c(c1)CCO2)c1cccc(Br)c1. The minimum Gasteiger partial charge on any atom is -0.493 e. The largest absolute Gasteiger partial charge is 0.493 e. The summed E-state index contributed by atoms with van der Waals surface area (Å²) < 4.78 is 6.64. The second kappa shape index (κ2) is 5.25. The summed E-state index contributed by atoms with van der Waals surface area (Å²) in [5.74, 6) is 1.03. The summed E-state index contributed by atoms with van der Waals surface area (Å²) in [7, 11) is 0. The average Bonchev–Trinajstić information content (AvgIpc) is 2.86. The lowest BCUT2D eigenvalue weighted by Gasteiger charge is -2.16. The van der Waals surface area contributed by atoms with Crippen molar-refractivity contribution in [3.8, 4) is 5.75 Å². The van der Waals surface area contributed by atoms with E-state index in [-0.39, 0.29) is 6.04 Å². The Morgan fingerprint density at radius 1 is 1.21 bits per heavy atom. The van der Waals surface area contributed by atoms with E-state index in [4.69, 9.17) is 4.74 Å². The van der Waals surface area contributed by atoms with Gasteiger partial charge in [-0.05, 0) is 48.4 Å². The number of fused-ring (bicyclic) bond motifs is 1. The van der Waals surface area contributed by atoms with Gasteiger partial charge < -0.3 is 10.1 Å². The molecule has 1 N–H and O–H groups in total. The van der Waals surface area contributed by atoms with Gasteiger partial charge in [0, 0.05) is 22.6 Å². The Hall–Kier alpha value is -1.48. The molecule has 3 heteroatoms. The first-order valence-corrected chi connectivity index (χ1v) is 7.29. The molecule has 0 saturated heterocycles. The maximum absolute atomic E-state index is 5.52. The molecule has 0 amide bonds. The summed E-state index contributed by atoms with van der Waals surface area (Å²) in [5, 5.41) is 3.54. The van der Waals surface area contributed by atoms with Crippen LogP contribution in [0.25, 0.3) is 0 Å². The molecule has 1 atom stereocenters. The van der Waals surface area contributed by atoms with Gasteiger partial charge in [-0.2, -0.15) is 0 Å². The van der Waals surface area contributed by atoms with Crippen molar-refractivity contribution in [2.45, 2.75) is 19.4 Å². The lowest BCUT2D eigenvalue weighted by molar-refractivity contribution is 0.357. The van der Waals surface area contributed by atoms with Crippen molar-refractivity contribution < 1.29 is 4.74 Å². The van der Waals surface area contributed by atoms with Crippen molar-refractivity contribution in [2.75, 3.05) is 11.9 Å². The van der Waals surface area contributed by atoms with Crippen molar-refractivity contribution in [3.05, 3.63) is 58.1 Å². The molecule has 0 radical (unpaired) electrons. The topological polar surface area (TPSA) is 21.3 Å². The number of halogens is 1. The second-order valence-corrected chi connectivity index (χ2v) is 5.76. The van der Waals surface area contributed by atoms with E-state index in [0.29, 0.717) is 0 Å². The normalized spacial score (nSPS) is 14.6. The number of rotatable bonds is 3. The van der Waals surface area contributed by atoms with Gasteiger partial charge >= 0.3 is 0 Å². The van der Waals surface area contributed by atoms with Crippen molar-refractivity contribution in [1.82, 2.24) is 0 Å². The fourth-order valence-electron chi connectivity index (χ4n) is 2.39. The highest BCUT2D eigenvalue weighted by molar-refractivity contribution is 9.10. The van der Waals surface area contributed by atoms with Crippen LogP contribution in [0.3, 0.4) is 0 Å². The molecule has 0 saturated carbocycles. The van der Waals surface area contributed by atoms with Gasteiger partial charge in [0.25, 0.3) is 0 Å². The summed E-state index contributed by atoms with van der Waals surface area (Å²) >= 11 is 3.51. The van der Waals surface area contributed by atoms with Crippen LogP contribution in [-0.2, 0) is 6.42 Å². The molecule has 0 aliphatic carbocycles. The van der Waals surface area contributed by atoms with Crippen LogP contribution in [0.15, 0.2) is 46.9 Å². The zero-order valence-corrected chi connectivity index (χ0v) is 12.4. The van der Waals surface area contributed by atoms with Crippen molar-refractivity contribution in [1.29, 1.82) is 0 Å². The molecule has 3 rings (SSSR count). The van der Waals surface area contributed by atoms with Crippen molar-refractivity contribution in [2.24, 2.45) is 0 Å². The van der Waals surface area contributed by atoms with Gasteiger partial charge in [0.2, 0.25) is 0 Å². The molecule has 2 nitrogen and oxygen atoms in total. The Labute approximate surface area is 121 Å². The highest BCUT2D eigenvalue weighted by atomic mass is 79.9. The summed E-state index contributed by atoms with van der Waals surface area (Å²) in [5.41, 5.74) is 3.72. The van der Waals surface area contributed by atoms with Crippen LogP contribution in [0.1, 0.15) is 24.1 Å². The number of anilines is 1. The van der Waals surface area contributed by atoms with E-state index in [1.165, 1.54) is 11.1 Å². The lowest BCUT2D eigenvalue weighted by atomic mass is 10.1. The minimum atomic E-state index is 0.276. The van der Waals surface area contributed by atoms with Crippen LogP contribution in [0.5, 0.6) is 5.75 Å². The first-order valence-electron chi connectivity index (χ1n) is 6.50. The second-order valence-electron chi connectivity index (χ2n) is 4.84. The summed E-state index contributed by atoms with van der Waals surface area (Å²) in [6.45, 7) is 2.98. The van der Waals surface area contributed by atoms with E-state index >= 15 is 0 Å². The van der Waals surface area contributed by atoms with E-state index < -0.39 is 0 Å². The fraction of sp³-hybridized carbons (Fsp3) is 0.250. The quantitative estimate of drug-likeness (QED) is 0.896. The first kappa shape index (κ1) is 12.5. The number of hydrogen-bond donors (Lipinski definition) is 1. The van der Waals surface area contributed by atoms with Gasteiger partial charge in [0.15, 0.2) is 0 Å². The molecule has 2 aromatic carbocycles. The van der Waals surface area contributed by atoms with Crippen LogP contribution in [-0.4, -0.2) is 6.61 Å². The van der Waals surface area contributed by atoms with E-state index in [1.807, 2.05) is 6.07 Å². The average molecular weight is 318 g/mol. The smallest absolute Gasteiger partial charge is 0.122 e. The van der Waals surface area contributed by atoms with Crippen LogP contribution in [0, 0.1) is 0 Å². The molecule has 0 spiro atoms. The highest BCUT2D eigenvalue weighted by Crippen LogP contribution is 2.29. The molecule has 0 aromatic heterocycles. The Kier molecular flexibility index (Phi) is 3.47. The molecular weight excluding hydrogens is 302 g/mol. The molecule has 1 aliphatic heterocycles. The molecule has 0 bridgehead atoms. The van der Waals surface area contributed by atoms with Gasteiger partial charge in [0.1, 0.15) is 5.75 Å². The standard InChI is InChI=1S/C16H16BrNO/c1-11(12-3-2-4-14(17)9-12)18-15-5-6-16-13(10-15)7-8-19-16/h2-6,9-11,18H,7-8H2,1H3. The van der Waals surface area contributed by atoms with Crippen molar-refractivity contribution >= 4 is 21.6 Å². The number of hydrogen-bond acceptors (Lipinski definition) is 2. The summed E-state index contributed by atoms with van der Waals surface area (Å²) in [4.78, 5) is 0. The predicted octanol–water partition coefficient (Wildman–Crippen LogP) is 4.56. The lowest BCUT2D eigenvalue weighted by Crippen LogP contribution is -2.06. The third-order valence-corrected chi connectivity index (χ3v) is 3.91. The highest BCUT2D eigenvalue weighted by Gasteiger charge is 2.13. The minimum absolute atomic E-state index is 0.276. The number of nitrogens with one attached hydrogen (secondary N) is 1. The first-order chi connectivity index (χ1) is 9.22. The van der Waals surface area contributed by atoms with Crippen LogP contribution in [0.2, 0.25) is 0 Å². The Bertz CT molecular complexity index is 597. The Balaban J connectivity index is 1.77. The van der Waals surface area contributed by atoms with Crippen molar-refractivity contribution in [3.63, 3.8) is 0 Å². The van der Waals surface area contributed by atoms with E-state index in [1.54, 1.807) is 0 Å². The Morgan fingerprint density at radius 2 is 2.11 bits per heavy atom. The molecule has 98 valence electrons. The molecule has 0 fully saturated rings. The van der Waals surface area contributed by atoms with Gasteiger partial charge in [0.05, 0.1) is 6.61 Å². The fourth-order valence-corrected chi connectivity index (χ4v) is 2.80. The van der Waals surface area contributed by atoms with Gasteiger partial charge in [-0.1, -0.05) is 28.1 Å². The monoisotopic (exact) mass is 317 g/mol.